The highest BCUT2D eigenvalue weighted by atomic mass is 32.2. The number of benzene rings is 1. The van der Waals surface area contributed by atoms with Crippen molar-refractivity contribution in [3.63, 3.8) is 0 Å². The van der Waals surface area contributed by atoms with Gasteiger partial charge in [0.15, 0.2) is 0 Å². The van der Waals surface area contributed by atoms with Crippen molar-refractivity contribution in [2.24, 2.45) is 0 Å². The minimum Gasteiger partial charge on any atom is -0.508 e. The van der Waals surface area contributed by atoms with E-state index in [1.54, 1.807) is 23.9 Å². The van der Waals surface area contributed by atoms with Crippen LogP contribution in [0.25, 0.3) is 6.08 Å². The predicted octanol–water partition coefficient (Wildman–Crippen LogP) is 3.10. The van der Waals surface area contributed by atoms with Gasteiger partial charge in [-0.15, -0.1) is 11.8 Å². The fourth-order valence-electron chi connectivity index (χ4n) is 0.818. The highest BCUT2D eigenvalue weighted by molar-refractivity contribution is 8.23. The van der Waals surface area contributed by atoms with Crippen molar-refractivity contribution in [2.75, 3.05) is 6.26 Å². The van der Waals surface area contributed by atoms with Crippen LogP contribution >= 0.6 is 24.0 Å². The summed E-state index contributed by atoms with van der Waals surface area (Å²) >= 11 is 6.55. The summed E-state index contributed by atoms with van der Waals surface area (Å²) in [5.74, 6) is 0.282. The summed E-state index contributed by atoms with van der Waals surface area (Å²) in [6.45, 7) is 0. The topological polar surface area (TPSA) is 20.2 Å². The molecule has 0 aliphatic heterocycles. The van der Waals surface area contributed by atoms with Gasteiger partial charge in [0, 0.05) is 0 Å². The van der Waals surface area contributed by atoms with Crippen molar-refractivity contribution in [2.45, 2.75) is 0 Å². The maximum Gasteiger partial charge on any atom is 0.115 e. The van der Waals surface area contributed by atoms with Crippen LogP contribution in [0.1, 0.15) is 5.56 Å². The lowest BCUT2D eigenvalue weighted by atomic mass is 10.2. The Labute approximate surface area is 87.5 Å². The molecule has 0 aliphatic rings. The first kappa shape index (κ1) is 10.3. The Hall–Kier alpha value is -0.800. The molecule has 0 aromatic heterocycles. The van der Waals surface area contributed by atoms with E-state index >= 15 is 0 Å². The van der Waals surface area contributed by atoms with E-state index in [0.29, 0.717) is 0 Å². The van der Waals surface area contributed by atoms with Crippen LogP contribution in [0.3, 0.4) is 0 Å². The number of thiocarbonyl (C=S) groups is 1. The summed E-state index contributed by atoms with van der Waals surface area (Å²) in [5, 5.41) is 9.03. The van der Waals surface area contributed by atoms with Gasteiger partial charge in [-0.05, 0) is 30.0 Å². The zero-order valence-electron chi connectivity index (χ0n) is 7.23. The molecule has 0 saturated heterocycles. The quantitative estimate of drug-likeness (QED) is 0.598. The lowest BCUT2D eigenvalue weighted by Crippen LogP contribution is -1.77. The van der Waals surface area contributed by atoms with Crippen LogP contribution in [0.2, 0.25) is 0 Å². The second kappa shape index (κ2) is 5.04. The Bertz CT molecular complexity index is 314. The summed E-state index contributed by atoms with van der Waals surface area (Å²) in [7, 11) is 0. The van der Waals surface area contributed by atoms with E-state index in [1.165, 1.54) is 0 Å². The Morgan fingerprint density at radius 1 is 1.38 bits per heavy atom. The molecule has 0 saturated carbocycles. The van der Waals surface area contributed by atoms with Gasteiger partial charge in [0.1, 0.15) is 5.75 Å². The van der Waals surface area contributed by atoms with Crippen molar-refractivity contribution in [1.82, 2.24) is 0 Å². The zero-order chi connectivity index (χ0) is 9.68. The predicted molar refractivity (Wildman–Crippen MR) is 63.3 cm³/mol. The van der Waals surface area contributed by atoms with Crippen molar-refractivity contribution < 1.29 is 5.11 Å². The molecule has 1 aromatic rings. The number of aromatic hydroxyl groups is 1. The molecular formula is C10H10OS2. The SMILES string of the molecule is CSC(=S)/C=C/c1ccc(O)cc1. The third kappa shape index (κ3) is 3.61. The standard InChI is InChI=1S/C10H10OS2/c1-13-10(12)7-4-8-2-5-9(11)6-3-8/h2-7,11H,1H3/b7-4+. The fourth-order valence-corrected chi connectivity index (χ4v) is 1.09. The van der Waals surface area contributed by atoms with E-state index in [4.69, 9.17) is 17.3 Å². The Morgan fingerprint density at radius 3 is 2.54 bits per heavy atom. The number of phenolic OH excluding ortho intramolecular Hbond substituents is 1. The van der Waals surface area contributed by atoms with Gasteiger partial charge in [0.05, 0.1) is 4.20 Å². The molecule has 0 atom stereocenters. The van der Waals surface area contributed by atoms with Crippen LogP contribution < -0.4 is 0 Å². The summed E-state index contributed by atoms with van der Waals surface area (Å²) in [6.07, 6.45) is 5.76. The van der Waals surface area contributed by atoms with Crippen LogP contribution in [-0.4, -0.2) is 15.6 Å². The molecule has 1 nitrogen and oxygen atoms in total. The molecule has 68 valence electrons. The van der Waals surface area contributed by atoms with Gasteiger partial charge in [0.25, 0.3) is 0 Å². The molecule has 3 heteroatoms. The molecule has 13 heavy (non-hydrogen) atoms. The maximum atomic E-state index is 9.03. The smallest absolute Gasteiger partial charge is 0.115 e. The van der Waals surface area contributed by atoms with Crippen LogP contribution in [0.15, 0.2) is 30.3 Å². The van der Waals surface area contributed by atoms with Crippen molar-refractivity contribution in [3.8, 4) is 5.75 Å². The van der Waals surface area contributed by atoms with Crippen LogP contribution in [-0.2, 0) is 0 Å². The Kier molecular flexibility index (Phi) is 3.99. The second-order valence-electron chi connectivity index (χ2n) is 2.45. The van der Waals surface area contributed by atoms with Crippen molar-refractivity contribution in [3.05, 3.63) is 35.9 Å². The van der Waals surface area contributed by atoms with Crippen LogP contribution in [0.4, 0.5) is 0 Å². The number of rotatable bonds is 2. The molecule has 0 unspecified atom stereocenters. The maximum absolute atomic E-state index is 9.03. The summed E-state index contributed by atoms with van der Waals surface area (Å²) in [5.41, 5.74) is 1.04. The summed E-state index contributed by atoms with van der Waals surface area (Å²) in [4.78, 5) is 0. The number of hydrogen-bond donors (Lipinski definition) is 1. The third-order valence-corrected chi connectivity index (χ3v) is 2.68. The van der Waals surface area contributed by atoms with Gasteiger partial charge in [-0.1, -0.05) is 30.4 Å². The van der Waals surface area contributed by atoms with Crippen molar-refractivity contribution in [1.29, 1.82) is 0 Å². The van der Waals surface area contributed by atoms with E-state index in [0.717, 1.165) is 9.76 Å². The first-order valence-corrected chi connectivity index (χ1v) is 5.41. The third-order valence-electron chi connectivity index (χ3n) is 1.51. The molecule has 0 fully saturated rings. The molecule has 0 amide bonds. The lowest BCUT2D eigenvalue weighted by Gasteiger charge is -1.93. The molecule has 1 N–H and O–H groups in total. The molecule has 0 spiro atoms. The first-order chi connectivity index (χ1) is 6.22. The Morgan fingerprint density at radius 2 is 2.00 bits per heavy atom. The zero-order valence-corrected chi connectivity index (χ0v) is 8.86. The molecule has 0 radical (unpaired) electrons. The highest BCUT2D eigenvalue weighted by Gasteiger charge is 1.89. The van der Waals surface area contributed by atoms with E-state index in [-0.39, 0.29) is 5.75 Å². The van der Waals surface area contributed by atoms with Gasteiger partial charge < -0.3 is 5.11 Å². The minimum atomic E-state index is 0.282. The van der Waals surface area contributed by atoms with E-state index in [1.807, 2.05) is 30.5 Å². The van der Waals surface area contributed by atoms with Crippen LogP contribution in [0.5, 0.6) is 5.75 Å². The second-order valence-corrected chi connectivity index (χ2v) is 3.99. The van der Waals surface area contributed by atoms with E-state index in [2.05, 4.69) is 0 Å². The molecule has 0 heterocycles. The van der Waals surface area contributed by atoms with Gasteiger partial charge in [-0.25, -0.2) is 0 Å². The van der Waals surface area contributed by atoms with E-state index < -0.39 is 0 Å². The monoisotopic (exact) mass is 210 g/mol. The highest BCUT2D eigenvalue weighted by Crippen LogP contribution is 2.11. The average Bonchev–Trinajstić information content (AvgIpc) is 2.16. The number of thioether (sulfide) groups is 1. The van der Waals surface area contributed by atoms with Gasteiger partial charge in [0.2, 0.25) is 0 Å². The van der Waals surface area contributed by atoms with Gasteiger partial charge in [-0.3, -0.25) is 0 Å². The normalized spacial score (nSPS) is 10.5. The van der Waals surface area contributed by atoms with Crippen molar-refractivity contribution >= 4 is 34.3 Å². The van der Waals surface area contributed by atoms with Gasteiger partial charge in [-0.2, -0.15) is 0 Å². The Balaban J connectivity index is 2.69. The van der Waals surface area contributed by atoms with Gasteiger partial charge >= 0.3 is 0 Å². The van der Waals surface area contributed by atoms with Crippen LogP contribution in [0, 0.1) is 0 Å². The molecule has 1 rings (SSSR count). The molecule has 0 aliphatic carbocycles. The molecular weight excluding hydrogens is 200 g/mol. The summed E-state index contributed by atoms with van der Waals surface area (Å²) < 4.78 is 0.855. The average molecular weight is 210 g/mol. The lowest BCUT2D eigenvalue weighted by molar-refractivity contribution is 0.475. The number of hydrogen-bond acceptors (Lipinski definition) is 3. The van der Waals surface area contributed by atoms with E-state index in [9.17, 15) is 0 Å². The molecule has 1 aromatic carbocycles. The molecule has 0 bridgehead atoms. The summed E-state index contributed by atoms with van der Waals surface area (Å²) in [6, 6.07) is 6.99. The minimum absolute atomic E-state index is 0.282. The fraction of sp³-hybridized carbons (Fsp3) is 0.100. The number of phenols is 1. The largest absolute Gasteiger partial charge is 0.508 e. The first-order valence-electron chi connectivity index (χ1n) is 3.77.